The van der Waals surface area contributed by atoms with Crippen LogP contribution in [0, 0.1) is 6.92 Å². The first-order valence-electron chi connectivity index (χ1n) is 8.87. The topological polar surface area (TPSA) is 66.8 Å². The Labute approximate surface area is 153 Å². The number of hydrogen-bond acceptors (Lipinski definition) is 3. The van der Waals surface area contributed by atoms with Crippen molar-refractivity contribution in [2.45, 2.75) is 39.3 Å². The van der Waals surface area contributed by atoms with Gasteiger partial charge in [-0.25, -0.2) is 4.98 Å². The van der Waals surface area contributed by atoms with Crippen LogP contribution in [0.4, 0.5) is 0 Å². The second-order valence-corrected chi connectivity index (χ2v) is 6.68. The highest BCUT2D eigenvalue weighted by Crippen LogP contribution is 2.17. The highest BCUT2D eigenvalue weighted by atomic mass is 16.2. The molecule has 1 aromatic carbocycles. The lowest BCUT2D eigenvalue weighted by Crippen LogP contribution is -2.39. The van der Waals surface area contributed by atoms with E-state index in [0.29, 0.717) is 12.2 Å². The van der Waals surface area contributed by atoms with Gasteiger partial charge in [0.1, 0.15) is 5.69 Å². The molecule has 6 heteroatoms. The van der Waals surface area contributed by atoms with Crippen molar-refractivity contribution in [1.29, 1.82) is 0 Å². The number of rotatable bonds is 7. The summed E-state index contributed by atoms with van der Waals surface area (Å²) in [5.74, 6) is -0.0109. The van der Waals surface area contributed by atoms with E-state index < -0.39 is 0 Å². The van der Waals surface area contributed by atoms with Crippen LogP contribution in [0.5, 0.6) is 0 Å². The molecule has 1 atom stereocenters. The normalized spacial score (nSPS) is 12.1. The van der Waals surface area contributed by atoms with E-state index in [2.05, 4.69) is 34.1 Å². The molecule has 3 aromatic rings. The van der Waals surface area contributed by atoms with Crippen molar-refractivity contribution in [3.63, 3.8) is 0 Å². The van der Waals surface area contributed by atoms with Gasteiger partial charge in [-0.2, -0.15) is 5.10 Å². The number of carbonyl (C=O) groups is 1. The molecule has 6 nitrogen and oxygen atoms in total. The lowest BCUT2D eigenvalue weighted by molar-refractivity contribution is 0.0653. The Balaban J connectivity index is 1.78. The Morgan fingerprint density at radius 2 is 2.08 bits per heavy atom. The first-order valence-corrected chi connectivity index (χ1v) is 8.87. The maximum Gasteiger partial charge on any atom is 0.272 e. The molecule has 1 amide bonds. The summed E-state index contributed by atoms with van der Waals surface area (Å²) >= 11 is 0. The molecule has 3 rings (SSSR count). The Hall–Kier alpha value is -2.89. The van der Waals surface area contributed by atoms with Gasteiger partial charge in [0.05, 0.1) is 24.3 Å². The Bertz CT molecular complexity index is 838. The van der Waals surface area contributed by atoms with Crippen molar-refractivity contribution in [2.24, 2.45) is 7.05 Å². The third-order valence-corrected chi connectivity index (χ3v) is 4.60. The highest BCUT2D eigenvalue weighted by Gasteiger charge is 2.25. The fourth-order valence-electron chi connectivity index (χ4n) is 3.12. The number of aromatic nitrogens is 4. The van der Waals surface area contributed by atoms with Crippen molar-refractivity contribution >= 4 is 5.91 Å². The maximum absolute atomic E-state index is 13.2. The van der Waals surface area contributed by atoms with Gasteiger partial charge in [-0.15, -0.1) is 0 Å². The van der Waals surface area contributed by atoms with E-state index >= 15 is 0 Å². The predicted molar refractivity (Wildman–Crippen MR) is 101 cm³/mol. The van der Waals surface area contributed by atoms with Crippen molar-refractivity contribution in [3.05, 3.63) is 71.6 Å². The van der Waals surface area contributed by atoms with Crippen LogP contribution in [0.3, 0.4) is 0 Å². The van der Waals surface area contributed by atoms with Gasteiger partial charge in [-0.3, -0.25) is 9.48 Å². The molecule has 0 aliphatic carbocycles. The number of benzene rings is 1. The van der Waals surface area contributed by atoms with Crippen molar-refractivity contribution < 1.29 is 4.79 Å². The van der Waals surface area contributed by atoms with Gasteiger partial charge in [-0.05, 0) is 38.3 Å². The van der Waals surface area contributed by atoms with E-state index in [1.807, 2.05) is 43.1 Å². The number of imidazole rings is 1. The average Bonchev–Trinajstić information content (AvgIpc) is 3.27. The predicted octanol–water partition coefficient (Wildman–Crippen LogP) is 3.12. The molecule has 0 saturated carbocycles. The largest absolute Gasteiger partial charge is 0.347 e. The molecule has 0 bridgehead atoms. The van der Waals surface area contributed by atoms with Gasteiger partial charge in [0.25, 0.3) is 5.91 Å². The second kappa shape index (κ2) is 7.99. The molecule has 0 radical (unpaired) electrons. The van der Waals surface area contributed by atoms with Crippen LogP contribution >= 0.6 is 0 Å². The van der Waals surface area contributed by atoms with E-state index in [1.54, 1.807) is 17.2 Å². The number of H-pyrrole nitrogens is 1. The summed E-state index contributed by atoms with van der Waals surface area (Å²) < 4.78 is 1.65. The smallest absolute Gasteiger partial charge is 0.272 e. The molecular formula is C20H25N5O. The van der Waals surface area contributed by atoms with Gasteiger partial charge in [-0.1, -0.05) is 30.3 Å². The van der Waals surface area contributed by atoms with Gasteiger partial charge in [0.15, 0.2) is 0 Å². The van der Waals surface area contributed by atoms with Crippen molar-refractivity contribution in [3.8, 4) is 0 Å². The molecule has 1 N–H and O–H groups in total. The molecule has 2 heterocycles. The molecule has 0 fully saturated rings. The molecule has 0 aliphatic rings. The number of amides is 1. The lowest BCUT2D eigenvalue weighted by atomic mass is 10.0. The van der Waals surface area contributed by atoms with Gasteiger partial charge in [0.2, 0.25) is 0 Å². The molecule has 2 aromatic heterocycles. The van der Waals surface area contributed by atoms with Gasteiger partial charge in [0, 0.05) is 19.3 Å². The number of aryl methyl sites for hydroxylation is 3. The molecule has 0 saturated heterocycles. The van der Waals surface area contributed by atoms with E-state index in [4.69, 9.17) is 0 Å². The fraction of sp³-hybridized carbons (Fsp3) is 0.350. The van der Waals surface area contributed by atoms with Crippen LogP contribution in [0.1, 0.15) is 40.8 Å². The number of nitrogens with zero attached hydrogens (tertiary/aromatic N) is 4. The zero-order valence-electron chi connectivity index (χ0n) is 15.5. The van der Waals surface area contributed by atoms with Gasteiger partial charge >= 0.3 is 0 Å². The summed E-state index contributed by atoms with van der Waals surface area (Å²) in [7, 11) is 1.81. The standard InChI is InChI=1S/C20H25N5O/c1-15-11-19(24(3)23-15)20(26)25(13-18-12-21-14-22-18)16(2)9-10-17-7-5-4-6-8-17/h4-8,11-12,14,16H,9-10,13H2,1-3H3,(H,21,22). The zero-order chi connectivity index (χ0) is 18.5. The molecular weight excluding hydrogens is 326 g/mol. The summed E-state index contributed by atoms with van der Waals surface area (Å²) in [4.78, 5) is 22.3. The van der Waals surface area contributed by atoms with Crippen LogP contribution < -0.4 is 0 Å². The molecule has 0 spiro atoms. The fourth-order valence-corrected chi connectivity index (χ4v) is 3.12. The second-order valence-electron chi connectivity index (χ2n) is 6.68. The first-order chi connectivity index (χ1) is 12.5. The molecule has 0 aliphatic heterocycles. The highest BCUT2D eigenvalue weighted by molar-refractivity contribution is 5.92. The summed E-state index contributed by atoms with van der Waals surface area (Å²) in [5, 5.41) is 4.31. The average molecular weight is 351 g/mol. The van der Waals surface area contributed by atoms with E-state index in [-0.39, 0.29) is 11.9 Å². The lowest BCUT2D eigenvalue weighted by Gasteiger charge is -2.29. The number of nitrogens with one attached hydrogen (secondary N) is 1. The Kier molecular flexibility index (Phi) is 5.51. The summed E-state index contributed by atoms with van der Waals surface area (Å²) in [6, 6.07) is 12.3. The quantitative estimate of drug-likeness (QED) is 0.711. The summed E-state index contributed by atoms with van der Waals surface area (Å²) in [6.45, 7) is 4.49. The summed E-state index contributed by atoms with van der Waals surface area (Å²) in [5.41, 5.74) is 3.65. The van der Waals surface area contributed by atoms with E-state index in [9.17, 15) is 4.79 Å². The van der Waals surface area contributed by atoms with Crippen LogP contribution in [-0.2, 0) is 20.0 Å². The summed E-state index contributed by atoms with van der Waals surface area (Å²) in [6.07, 6.45) is 5.22. The third kappa shape index (κ3) is 4.20. The van der Waals surface area contributed by atoms with E-state index in [0.717, 1.165) is 24.2 Å². The zero-order valence-corrected chi connectivity index (χ0v) is 15.5. The third-order valence-electron chi connectivity index (χ3n) is 4.60. The Morgan fingerprint density at radius 1 is 1.31 bits per heavy atom. The molecule has 136 valence electrons. The first kappa shape index (κ1) is 17.9. The van der Waals surface area contributed by atoms with Crippen molar-refractivity contribution in [1.82, 2.24) is 24.6 Å². The monoisotopic (exact) mass is 351 g/mol. The van der Waals surface area contributed by atoms with Crippen LogP contribution in [0.25, 0.3) is 0 Å². The van der Waals surface area contributed by atoms with Crippen LogP contribution in [0.15, 0.2) is 48.9 Å². The SMILES string of the molecule is Cc1cc(C(=O)N(Cc2cnc[nH]2)C(C)CCc2ccccc2)n(C)n1. The van der Waals surface area contributed by atoms with E-state index in [1.165, 1.54) is 5.56 Å². The Morgan fingerprint density at radius 3 is 2.69 bits per heavy atom. The van der Waals surface area contributed by atoms with Crippen LogP contribution in [-0.4, -0.2) is 36.6 Å². The van der Waals surface area contributed by atoms with Crippen molar-refractivity contribution in [2.75, 3.05) is 0 Å². The van der Waals surface area contributed by atoms with Crippen LogP contribution in [0.2, 0.25) is 0 Å². The minimum Gasteiger partial charge on any atom is -0.347 e. The minimum absolute atomic E-state index is 0.0109. The molecule has 26 heavy (non-hydrogen) atoms. The molecule has 1 unspecified atom stereocenters. The minimum atomic E-state index is -0.0109. The van der Waals surface area contributed by atoms with Gasteiger partial charge < -0.3 is 9.88 Å². The number of carbonyl (C=O) groups excluding carboxylic acids is 1. The number of hydrogen-bond donors (Lipinski definition) is 1. The maximum atomic E-state index is 13.2. The number of aromatic amines is 1.